The van der Waals surface area contributed by atoms with E-state index in [1.165, 1.54) is 23.1 Å². The van der Waals surface area contributed by atoms with Gasteiger partial charge >= 0.3 is 0 Å². The minimum Gasteiger partial charge on any atom is -0.352 e. The van der Waals surface area contributed by atoms with Gasteiger partial charge in [-0.2, -0.15) is 0 Å². The lowest BCUT2D eigenvalue weighted by Crippen LogP contribution is -2.52. The summed E-state index contributed by atoms with van der Waals surface area (Å²) in [5.74, 6) is -3.76. The number of benzene rings is 3. The van der Waals surface area contributed by atoms with Gasteiger partial charge in [-0.25, -0.2) is 21.6 Å². The number of nitrogens with zero attached hydrogens (tertiary/aromatic N) is 2. The Labute approximate surface area is 239 Å². The van der Waals surface area contributed by atoms with Crippen molar-refractivity contribution < 1.29 is 31.2 Å². The predicted octanol–water partition coefficient (Wildman–Crippen LogP) is 4.81. The van der Waals surface area contributed by atoms with Crippen LogP contribution in [0, 0.1) is 17.5 Å². The molecule has 0 heterocycles. The molecule has 0 aliphatic heterocycles. The van der Waals surface area contributed by atoms with Gasteiger partial charge in [-0.3, -0.25) is 13.9 Å². The first-order valence-corrected chi connectivity index (χ1v) is 15.0. The van der Waals surface area contributed by atoms with Gasteiger partial charge in [0.1, 0.15) is 11.9 Å². The number of halogens is 3. The molecule has 0 aliphatic carbocycles. The van der Waals surface area contributed by atoms with E-state index in [2.05, 4.69) is 5.32 Å². The van der Waals surface area contributed by atoms with Crippen LogP contribution in [0.3, 0.4) is 0 Å². The number of amides is 2. The molecule has 0 saturated carbocycles. The average molecular weight is 590 g/mol. The molecule has 41 heavy (non-hydrogen) atoms. The van der Waals surface area contributed by atoms with Crippen LogP contribution in [0.1, 0.15) is 37.8 Å². The maximum Gasteiger partial charge on any atom is 0.243 e. The van der Waals surface area contributed by atoms with Crippen LogP contribution in [0.25, 0.3) is 0 Å². The fourth-order valence-electron chi connectivity index (χ4n) is 4.39. The highest BCUT2D eigenvalue weighted by Gasteiger charge is 2.31. The maximum absolute atomic E-state index is 14.7. The molecule has 0 fully saturated rings. The van der Waals surface area contributed by atoms with Crippen molar-refractivity contribution in [2.75, 3.05) is 17.1 Å². The van der Waals surface area contributed by atoms with E-state index in [-0.39, 0.29) is 49.6 Å². The Balaban J connectivity index is 1.89. The van der Waals surface area contributed by atoms with Gasteiger partial charge in [-0.15, -0.1) is 0 Å². The van der Waals surface area contributed by atoms with Gasteiger partial charge in [-0.1, -0.05) is 48.5 Å². The SMILES string of the molecule is CC(C)NC(=O)[C@H](Cc1ccccc1)N(Cc1ccccc1F)C(=O)CCCN(c1ccc(F)c(F)c1)S(C)(=O)=O. The standard InChI is InChI=1S/C30H34F3N3O4S/c1-21(2)34-30(38)28(18-22-10-5-4-6-11-22)35(20-23-12-7-8-13-25(23)31)29(37)14-9-17-36(41(3,39)40)24-15-16-26(32)27(33)19-24/h4-8,10-13,15-16,19,21,28H,9,14,17-18,20H2,1-3H3,(H,34,38)/t28-/m0/s1. The largest absolute Gasteiger partial charge is 0.352 e. The zero-order chi connectivity index (χ0) is 30.2. The molecule has 3 aromatic carbocycles. The van der Waals surface area contributed by atoms with Crippen molar-refractivity contribution in [1.29, 1.82) is 0 Å². The van der Waals surface area contributed by atoms with Crippen LogP contribution in [0.2, 0.25) is 0 Å². The first-order chi connectivity index (χ1) is 19.4. The molecular formula is C30H34F3N3O4S. The first-order valence-electron chi connectivity index (χ1n) is 13.2. The lowest BCUT2D eigenvalue weighted by molar-refractivity contribution is -0.141. The van der Waals surface area contributed by atoms with E-state index in [0.717, 1.165) is 34.3 Å². The highest BCUT2D eigenvalue weighted by atomic mass is 32.2. The summed E-state index contributed by atoms with van der Waals surface area (Å²) in [6, 6.07) is 16.6. The highest BCUT2D eigenvalue weighted by Crippen LogP contribution is 2.22. The smallest absolute Gasteiger partial charge is 0.243 e. The van der Waals surface area contributed by atoms with Crippen molar-refractivity contribution in [1.82, 2.24) is 10.2 Å². The summed E-state index contributed by atoms with van der Waals surface area (Å²) >= 11 is 0. The zero-order valence-electron chi connectivity index (χ0n) is 23.2. The molecule has 0 saturated heterocycles. The molecule has 1 N–H and O–H groups in total. The molecule has 0 spiro atoms. The van der Waals surface area contributed by atoms with E-state index in [1.54, 1.807) is 19.9 Å². The lowest BCUT2D eigenvalue weighted by Gasteiger charge is -2.32. The maximum atomic E-state index is 14.7. The molecule has 0 radical (unpaired) electrons. The molecule has 3 aromatic rings. The van der Waals surface area contributed by atoms with Gasteiger partial charge < -0.3 is 10.2 Å². The van der Waals surface area contributed by atoms with E-state index in [0.29, 0.717) is 0 Å². The van der Waals surface area contributed by atoms with Gasteiger partial charge in [0.15, 0.2) is 11.6 Å². The third-order valence-electron chi connectivity index (χ3n) is 6.34. The molecule has 0 unspecified atom stereocenters. The van der Waals surface area contributed by atoms with E-state index >= 15 is 0 Å². The number of nitrogens with one attached hydrogen (secondary N) is 1. The van der Waals surface area contributed by atoms with Crippen molar-refractivity contribution in [2.45, 2.75) is 51.7 Å². The van der Waals surface area contributed by atoms with Gasteiger partial charge in [0.25, 0.3) is 0 Å². The Hall–Kier alpha value is -3.86. The summed E-state index contributed by atoms with van der Waals surface area (Å²) in [6.45, 7) is 3.19. The summed E-state index contributed by atoms with van der Waals surface area (Å²) in [5.41, 5.74) is 0.931. The topological polar surface area (TPSA) is 86.8 Å². The molecule has 1 atom stereocenters. The van der Waals surface area contributed by atoms with Crippen molar-refractivity contribution in [2.24, 2.45) is 0 Å². The monoisotopic (exact) mass is 589 g/mol. The summed E-state index contributed by atoms with van der Waals surface area (Å²) in [5, 5.41) is 2.84. The second-order valence-corrected chi connectivity index (χ2v) is 11.9. The fraction of sp³-hybridized carbons (Fsp3) is 0.333. The number of hydrogen-bond acceptors (Lipinski definition) is 4. The van der Waals surface area contributed by atoms with Crippen LogP contribution >= 0.6 is 0 Å². The molecule has 11 heteroatoms. The van der Waals surface area contributed by atoms with E-state index in [1.807, 2.05) is 30.3 Å². The Bertz CT molecular complexity index is 1450. The molecule has 3 rings (SSSR count). The number of rotatable bonds is 13. The molecule has 0 bridgehead atoms. The number of carbonyl (C=O) groups is 2. The number of anilines is 1. The summed E-state index contributed by atoms with van der Waals surface area (Å²) in [7, 11) is -3.90. The lowest BCUT2D eigenvalue weighted by atomic mass is 10.0. The quantitative estimate of drug-likeness (QED) is 0.310. The van der Waals surface area contributed by atoms with E-state index < -0.39 is 45.3 Å². The Morgan fingerprint density at radius 3 is 2.15 bits per heavy atom. The van der Waals surface area contributed by atoms with Gasteiger partial charge in [0.05, 0.1) is 11.9 Å². The van der Waals surface area contributed by atoms with E-state index in [9.17, 15) is 31.2 Å². The molecule has 2 amide bonds. The van der Waals surface area contributed by atoms with Crippen molar-refractivity contribution in [3.05, 3.63) is 101 Å². The molecule has 0 aromatic heterocycles. The third kappa shape index (κ3) is 9.07. The minimum atomic E-state index is -3.90. The molecule has 0 aliphatic rings. The molecule has 7 nitrogen and oxygen atoms in total. The average Bonchev–Trinajstić information content (AvgIpc) is 2.90. The van der Waals surface area contributed by atoms with Crippen molar-refractivity contribution in [3.8, 4) is 0 Å². The predicted molar refractivity (Wildman–Crippen MR) is 152 cm³/mol. The van der Waals surface area contributed by atoms with Crippen LogP contribution in [0.15, 0.2) is 72.8 Å². The van der Waals surface area contributed by atoms with Crippen LogP contribution in [0.4, 0.5) is 18.9 Å². The normalized spacial score (nSPS) is 12.2. The van der Waals surface area contributed by atoms with Crippen LogP contribution in [-0.2, 0) is 32.6 Å². The van der Waals surface area contributed by atoms with Crippen LogP contribution in [0.5, 0.6) is 0 Å². The van der Waals surface area contributed by atoms with Gasteiger partial charge in [-0.05, 0) is 44.0 Å². The van der Waals surface area contributed by atoms with Crippen LogP contribution < -0.4 is 9.62 Å². The van der Waals surface area contributed by atoms with Crippen molar-refractivity contribution in [3.63, 3.8) is 0 Å². The van der Waals surface area contributed by atoms with Crippen molar-refractivity contribution >= 4 is 27.5 Å². The van der Waals surface area contributed by atoms with Gasteiger partial charge in [0.2, 0.25) is 21.8 Å². The summed E-state index contributed by atoms with van der Waals surface area (Å²) < 4.78 is 67.7. The molecule has 220 valence electrons. The second-order valence-electron chi connectivity index (χ2n) is 10.0. The highest BCUT2D eigenvalue weighted by molar-refractivity contribution is 7.92. The fourth-order valence-corrected chi connectivity index (χ4v) is 5.35. The van der Waals surface area contributed by atoms with Gasteiger partial charge in [0, 0.05) is 43.6 Å². The first kappa shape index (κ1) is 31.7. The van der Waals surface area contributed by atoms with E-state index in [4.69, 9.17) is 0 Å². The summed E-state index contributed by atoms with van der Waals surface area (Å²) in [6.07, 6.45) is 0.906. The third-order valence-corrected chi connectivity index (χ3v) is 7.54. The van der Waals surface area contributed by atoms with Crippen LogP contribution in [-0.4, -0.2) is 50.0 Å². The number of hydrogen-bond donors (Lipinski definition) is 1. The Kier molecular flexibility index (Phi) is 10.9. The summed E-state index contributed by atoms with van der Waals surface area (Å²) in [4.78, 5) is 28.4. The Morgan fingerprint density at radius 2 is 1.54 bits per heavy atom. The molecular weight excluding hydrogens is 555 g/mol. The number of carbonyl (C=O) groups excluding carboxylic acids is 2. The number of sulfonamides is 1. The Morgan fingerprint density at radius 1 is 0.878 bits per heavy atom. The second kappa shape index (κ2) is 14.2. The minimum absolute atomic E-state index is 0.00251. The zero-order valence-corrected chi connectivity index (χ0v) is 24.0.